The van der Waals surface area contributed by atoms with Gasteiger partial charge in [-0.25, -0.2) is 4.98 Å². The minimum Gasteiger partial charge on any atom is -0.392 e. The Labute approximate surface area is 135 Å². The number of likely N-dealkylation sites (tertiary alicyclic amines) is 2. The molecule has 6 nitrogen and oxygen atoms in total. The lowest BCUT2D eigenvalue weighted by Gasteiger charge is -2.43. The lowest BCUT2D eigenvalue weighted by atomic mass is 9.90. The van der Waals surface area contributed by atoms with E-state index < -0.39 is 6.10 Å². The van der Waals surface area contributed by atoms with Gasteiger partial charge in [0.05, 0.1) is 29.0 Å². The number of carbonyl (C=O) groups is 1. The van der Waals surface area contributed by atoms with E-state index in [1.54, 1.807) is 0 Å². The molecule has 1 aromatic heterocycles. The maximum atomic E-state index is 12.6. The number of aromatic nitrogens is 2. The number of aromatic amines is 1. The zero-order valence-electron chi connectivity index (χ0n) is 13.3. The summed E-state index contributed by atoms with van der Waals surface area (Å²) in [7, 11) is 2.00. The van der Waals surface area contributed by atoms with Crippen LogP contribution in [-0.2, 0) is 4.79 Å². The maximum absolute atomic E-state index is 12.6. The van der Waals surface area contributed by atoms with Gasteiger partial charge in [0, 0.05) is 26.2 Å². The lowest BCUT2D eigenvalue weighted by molar-refractivity contribution is -0.146. The van der Waals surface area contributed by atoms with Crippen LogP contribution in [0.25, 0.3) is 11.0 Å². The van der Waals surface area contributed by atoms with Gasteiger partial charge in [-0.3, -0.25) is 4.79 Å². The number of benzene rings is 1. The molecule has 0 unspecified atom stereocenters. The third kappa shape index (κ3) is 2.62. The van der Waals surface area contributed by atoms with Gasteiger partial charge in [-0.2, -0.15) is 0 Å². The molecule has 2 fully saturated rings. The van der Waals surface area contributed by atoms with Crippen LogP contribution in [0.4, 0.5) is 0 Å². The van der Waals surface area contributed by atoms with E-state index in [-0.39, 0.29) is 17.7 Å². The average molecular weight is 314 g/mol. The summed E-state index contributed by atoms with van der Waals surface area (Å²) in [6, 6.07) is 7.97. The number of carbonyl (C=O) groups excluding carboxylic acids is 1. The number of aliphatic hydroxyl groups excluding tert-OH is 1. The fraction of sp³-hybridized carbons (Fsp3) is 0.529. The highest BCUT2D eigenvalue weighted by Gasteiger charge is 2.40. The largest absolute Gasteiger partial charge is 0.392 e. The first-order chi connectivity index (χ1) is 11.1. The SMILES string of the molecule is CN1CC[C@@H](O)[C@H](C(=O)N2CC(c3nc4ccccc4[nH]3)C2)C1. The van der Waals surface area contributed by atoms with E-state index in [1.807, 2.05) is 36.2 Å². The lowest BCUT2D eigenvalue weighted by Crippen LogP contribution is -2.56. The molecule has 122 valence electrons. The van der Waals surface area contributed by atoms with Gasteiger partial charge in [0.15, 0.2) is 0 Å². The van der Waals surface area contributed by atoms with E-state index >= 15 is 0 Å². The highest BCUT2D eigenvalue weighted by Crippen LogP contribution is 2.29. The first-order valence-corrected chi connectivity index (χ1v) is 8.22. The van der Waals surface area contributed by atoms with Crippen molar-refractivity contribution >= 4 is 16.9 Å². The highest BCUT2D eigenvalue weighted by atomic mass is 16.3. The van der Waals surface area contributed by atoms with E-state index in [0.29, 0.717) is 26.1 Å². The molecule has 6 heteroatoms. The normalized spacial score (nSPS) is 26.4. The number of amides is 1. The van der Waals surface area contributed by atoms with Crippen LogP contribution in [0.5, 0.6) is 0 Å². The number of fused-ring (bicyclic) bond motifs is 1. The molecule has 4 rings (SSSR count). The maximum Gasteiger partial charge on any atom is 0.229 e. The summed E-state index contributed by atoms with van der Waals surface area (Å²) in [5, 5.41) is 10.1. The van der Waals surface area contributed by atoms with Gasteiger partial charge in [0.25, 0.3) is 0 Å². The Morgan fingerprint density at radius 2 is 2.09 bits per heavy atom. The van der Waals surface area contributed by atoms with Crippen molar-refractivity contribution in [3.8, 4) is 0 Å². The molecular weight excluding hydrogens is 292 g/mol. The molecule has 2 aromatic rings. The van der Waals surface area contributed by atoms with Gasteiger partial charge in [-0.1, -0.05) is 12.1 Å². The van der Waals surface area contributed by atoms with Crippen LogP contribution in [-0.4, -0.2) is 70.1 Å². The first-order valence-electron chi connectivity index (χ1n) is 8.22. The molecule has 0 saturated carbocycles. The Kier molecular flexibility index (Phi) is 3.58. The molecule has 2 N–H and O–H groups in total. The molecule has 0 spiro atoms. The van der Waals surface area contributed by atoms with Crippen molar-refractivity contribution < 1.29 is 9.90 Å². The molecule has 0 aliphatic carbocycles. The van der Waals surface area contributed by atoms with E-state index in [9.17, 15) is 9.90 Å². The number of rotatable bonds is 2. The molecule has 0 radical (unpaired) electrons. The van der Waals surface area contributed by atoms with Crippen LogP contribution in [0.15, 0.2) is 24.3 Å². The van der Waals surface area contributed by atoms with Crippen LogP contribution >= 0.6 is 0 Å². The quantitative estimate of drug-likeness (QED) is 0.860. The van der Waals surface area contributed by atoms with Crippen molar-refractivity contribution in [2.24, 2.45) is 5.92 Å². The monoisotopic (exact) mass is 314 g/mol. The zero-order chi connectivity index (χ0) is 16.0. The Morgan fingerprint density at radius 1 is 1.30 bits per heavy atom. The number of para-hydroxylation sites is 2. The zero-order valence-corrected chi connectivity index (χ0v) is 13.3. The number of imidazole rings is 1. The van der Waals surface area contributed by atoms with Crippen molar-refractivity contribution in [2.75, 3.05) is 33.2 Å². The standard InChI is InChI=1S/C17H22N4O2/c1-20-7-6-15(22)12(10-20)17(23)21-8-11(9-21)16-18-13-4-2-3-5-14(13)19-16/h2-5,11-12,15,22H,6-10H2,1H3,(H,18,19)/t12-,15-/m1/s1. The van der Waals surface area contributed by atoms with Gasteiger partial charge in [-0.15, -0.1) is 0 Å². The van der Waals surface area contributed by atoms with Crippen molar-refractivity contribution in [3.05, 3.63) is 30.1 Å². The molecule has 2 atom stereocenters. The summed E-state index contributed by atoms with van der Waals surface area (Å²) in [4.78, 5) is 24.5. The fourth-order valence-electron chi connectivity index (χ4n) is 3.58. The van der Waals surface area contributed by atoms with Crippen LogP contribution in [0.3, 0.4) is 0 Å². The predicted octanol–water partition coefficient (Wildman–Crippen LogP) is 0.801. The summed E-state index contributed by atoms with van der Waals surface area (Å²) in [5.74, 6) is 1.02. The number of nitrogens with zero attached hydrogens (tertiary/aromatic N) is 3. The second kappa shape index (κ2) is 5.62. The topological polar surface area (TPSA) is 72.5 Å². The van der Waals surface area contributed by atoms with E-state index in [1.165, 1.54) is 0 Å². The first kappa shape index (κ1) is 14.7. The number of piperidine rings is 1. The van der Waals surface area contributed by atoms with Gasteiger partial charge >= 0.3 is 0 Å². The molecule has 3 heterocycles. The summed E-state index contributed by atoms with van der Waals surface area (Å²) in [5.41, 5.74) is 2.01. The van der Waals surface area contributed by atoms with Gasteiger partial charge in [-0.05, 0) is 25.6 Å². The average Bonchev–Trinajstić information content (AvgIpc) is 2.91. The number of hydrogen-bond donors (Lipinski definition) is 2. The molecule has 2 aliphatic heterocycles. The summed E-state index contributed by atoms with van der Waals surface area (Å²) < 4.78 is 0. The van der Waals surface area contributed by atoms with Crippen LogP contribution in [0.2, 0.25) is 0 Å². The second-order valence-electron chi connectivity index (χ2n) is 6.80. The third-order valence-corrected chi connectivity index (χ3v) is 5.08. The van der Waals surface area contributed by atoms with E-state index in [4.69, 9.17) is 0 Å². The predicted molar refractivity (Wildman–Crippen MR) is 87.0 cm³/mol. The van der Waals surface area contributed by atoms with Crippen molar-refractivity contribution in [3.63, 3.8) is 0 Å². The van der Waals surface area contributed by atoms with Gasteiger partial charge in [0.1, 0.15) is 5.82 Å². The minimum absolute atomic E-state index is 0.0800. The Hall–Kier alpha value is -1.92. The van der Waals surface area contributed by atoms with Crippen molar-refractivity contribution in [2.45, 2.75) is 18.4 Å². The van der Waals surface area contributed by atoms with Gasteiger partial charge < -0.3 is 19.9 Å². The van der Waals surface area contributed by atoms with Crippen molar-refractivity contribution in [1.82, 2.24) is 19.8 Å². The molecule has 1 amide bonds. The smallest absolute Gasteiger partial charge is 0.229 e. The van der Waals surface area contributed by atoms with Crippen LogP contribution < -0.4 is 0 Å². The Bertz CT molecular complexity index is 689. The van der Waals surface area contributed by atoms with E-state index in [2.05, 4.69) is 14.9 Å². The summed E-state index contributed by atoms with van der Waals surface area (Å²) in [6.45, 7) is 2.87. The van der Waals surface area contributed by atoms with Crippen LogP contribution in [0.1, 0.15) is 18.2 Å². The summed E-state index contributed by atoms with van der Waals surface area (Å²) in [6.07, 6.45) is 0.164. The summed E-state index contributed by atoms with van der Waals surface area (Å²) >= 11 is 0. The molecular formula is C17H22N4O2. The number of hydrogen-bond acceptors (Lipinski definition) is 4. The third-order valence-electron chi connectivity index (χ3n) is 5.08. The second-order valence-corrected chi connectivity index (χ2v) is 6.80. The number of nitrogens with one attached hydrogen (secondary N) is 1. The molecule has 0 bridgehead atoms. The van der Waals surface area contributed by atoms with E-state index in [0.717, 1.165) is 23.4 Å². The molecule has 1 aromatic carbocycles. The van der Waals surface area contributed by atoms with Crippen LogP contribution in [0, 0.1) is 5.92 Å². The minimum atomic E-state index is -0.510. The molecule has 2 saturated heterocycles. The number of aliphatic hydroxyl groups is 1. The number of H-pyrrole nitrogens is 1. The van der Waals surface area contributed by atoms with Gasteiger partial charge in [0.2, 0.25) is 5.91 Å². The highest BCUT2D eigenvalue weighted by molar-refractivity contribution is 5.81. The Balaban J connectivity index is 1.41. The van der Waals surface area contributed by atoms with Crippen molar-refractivity contribution in [1.29, 1.82) is 0 Å². The molecule has 2 aliphatic rings. The fourth-order valence-corrected chi connectivity index (χ4v) is 3.58. The Morgan fingerprint density at radius 3 is 2.87 bits per heavy atom. The molecule has 23 heavy (non-hydrogen) atoms.